The van der Waals surface area contributed by atoms with E-state index < -0.39 is 17.7 Å². The van der Waals surface area contributed by atoms with Gasteiger partial charge in [0.2, 0.25) is 17.2 Å². The molecule has 7 aromatic carbocycles. The Balaban J connectivity index is 1.24. The lowest BCUT2D eigenvalue weighted by Gasteiger charge is -2.18. The van der Waals surface area contributed by atoms with Gasteiger partial charge in [-0.25, -0.2) is 0 Å². The Morgan fingerprint density at radius 3 is 0.521 bits per heavy atom. The number of nitrogens with zero attached hydrogens (tertiary/aromatic N) is 3. The van der Waals surface area contributed by atoms with E-state index in [0.29, 0.717) is 178 Å². The number of benzene rings is 7. The molecule has 0 spiro atoms. The monoisotopic (exact) mass is 1970 g/mol. The van der Waals surface area contributed by atoms with Crippen LogP contribution in [0.1, 0.15) is 473 Å². The lowest BCUT2D eigenvalue weighted by atomic mass is 10.0. The predicted octanol–water partition coefficient (Wildman–Crippen LogP) is 36.3. The molecule has 7 aromatic rings. The molecule has 0 bridgehead atoms. The smallest absolute Gasteiger partial charge is 0.255 e. The van der Waals surface area contributed by atoms with Gasteiger partial charge in [-0.15, -0.1) is 0 Å². The third-order valence-corrected chi connectivity index (χ3v) is 26.3. The zero-order valence-electron chi connectivity index (χ0n) is 90.1. The average molecular weight is 1970 g/mol. The SMILES string of the molecule is CCCCCCCCOc1cc(/C=C(\C#N)c2ccc(NC(=O)c3cc(C(=O)Nc4ccc(/C(C#N)=C/c5cc(OCCCCCCCC)c(OCCCCCCCC)c(OCCCCCCCC)c5)cc4)cc(C(=O)Nc4ccc(/C(C#N)=C/c5cc(OCCCCCCCC)c(OCCCCCCCC)c(OCCCCCCCC)c5)cc4)c3)cc2)cc(OCCCCCCCC)c1OCCCCCCCC. The predicted molar refractivity (Wildman–Crippen MR) is 599 cm³/mol. The average Bonchev–Trinajstić information content (AvgIpc) is 0.824. The number of carbonyl (C=O) groups excluding carboxylic acids is 3. The summed E-state index contributed by atoms with van der Waals surface area (Å²) < 4.78 is 59.8. The van der Waals surface area contributed by atoms with Gasteiger partial charge in [-0.1, -0.05) is 388 Å². The van der Waals surface area contributed by atoms with Gasteiger partial charge in [0.1, 0.15) is 0 Å². The molecule has 0 heterocycles. The van der Waals surface area contributed by atoms with Crippen LogP contribution >= 0.6 is 0 Å². The van der Waals surface area contributed by atoms with Crippen molar-refractivity contribution in [2.24, 2.45) is 0 Å². The van der Waals surface area contributed by atoms with Gasteiger partial charge in [0.05, 0.1) is 94.4 Å². The Morgan fingerprint density at radius 2 is 0.361 bits per heavy atom. The van der Waals surface area contributed by atoms with E-state index >= 15 is 0 Å². The zero-order valence-corrected chi connectivity index (χ0v) is 90.1. The second-order valence-corrected chi connectivity index (χ2v) is 39.0. The topological polar surface area (TPSA) is 242 Å². The highest BCUT2D eigenvalue weighted by Crippen LogP contribution is 2.45. The number of nitrogens with one attached hydrogen (secondary N) is 3. The van der Waals surface area contributed by atoms with Crippen LogP contribution in [-0.2, 0) is 0 Å². The van der Waals surface area contributed by atoms with E-state index in [9.17, 15) is 30.2 Å². The van der Waals surface area contributed by atoms with E-state index in [-0.39, 0.29) is 16.7 Å². The number of rotatable bonds is 84. The summed E-state index contributed by atoms with van der Waals surface area (Å²) in [6, 6.07) is 44.2. The van der Waals surface area contributed by atoms with Gasteiger partial charge in [-0.3, -0.25) is 14.4 Å². The second-order valence-electron chi connectivity index (χ2n) is 39.0. The molecule has 3 N–H and O–H groups in total. The number of allylic oxidation sites excluding steroid dienone is 3. The van der Waals surface area contributed by atoms with Gasteiger partial charge in [0.15, 0.2) is 34.5 Å². The number of nitriles is 3. The van der Waals surface area contributed by atoms with Gasteiger partial charge < -0.3 is 58.6 Å². The number of anilines is 3. The molecule has 0 saturated carbocycles. The maximum Gasteiger partial charge on any atom is 0.255 e. The van der Waals surface area contributed by atoms with Crippen LogP contribution in [0.15, 0.2) is 127 Å². The van der Waals surface area contributed by atoms with Crippen molar-refractivity contribution in [3.63, 3.8) is 0 Å². The van der Waals surface area contributed by atoms with E-state index in [0.717, 1.165) is 173 Å². The molecule has 0 atom stereocenters. The minimum absolute atomic E-state index is 0.00452. The molecule has 0 fully saturated rings. The number of ether oxygens (including phenoxy) is 9. The highest BCUT2D eigenvalue weighted by Gasteiger charge is 2.24. The molecule has 0 aliphatic rings. The van der Waals surface area contributed by atoms with Crippen molar-refractivity contribution in [3.05, 3.63) is 177 Å². The molecule has 0 aliphatic carbocycles. The van der Waals surface area contributed by atoms with Crippen molar-refractivity contribution < 1.29 is 57.0 Å². The number of hydrogen-bond acceptors (Lipinski definition) is 15. The molecule has 18 heteroatoms. The molecule has 0 saturated heterocycles. The van der Waals surface area contributed by atoms with Crippen LogP contribution < -0.4 is 58.6 Å². The summed E-state index contributed by atoms with van der Waals surface area (Å²) in [6.45, 7) is 24.7. The number of hydrogen-bond donors (Lipinski definition) is 3. The first-order valence-corrected chi connectivity index (χ1v) is 56.7. The lowest BCUT2D eigenvalue weighted by molar-refractivity contribution is 0.102. The van der Waals surface area contributed by atoms with E-state index in [4.69, 9.17) is 42.6 Å². The van der Waals surface area contributed by atoms with E-state index in [2.05, 4.69) is 96.5 Å². The van der Waals surface area contributed by atoms with Gasteiger partial charge in [-0.05, 0) is 200 Å². The van der Waals surface area contributed by atoms with Crippen LogP contribution in [0.3, 0.4) is 0 Å². The molecular formula is C126H180N6O12. The normalized spacial score (nSPS) is 11.5. The molecular weight excluding hydrogens is 1790 g/mol. The molecule has 0 radical (unpaired) electrons. The Morgan fingerprint density at radius 1 is 0.208 bits per heavy atom. The zero-order chi connectivity index (χ0) is 103. The van der Waals surface area contributed by atoms with Crippen LogP contribution in [0.25, 0.3) is 34.9 Å². The largest absolute Gasteiger partial charge is 0.490 e. The van der Waals surface area contributed by atoms with Crippen LogP contribution in [0.5, 0.6) is 51.7 Å². The number of amides is 3. The fourth-order valence-corrected chi connectivity index (χ4v) is 17.5. The molecule has 786 valence electrons. The highest BCUT2D eigenvalue weighted by molar-refractivity contribution is 6.13. The highest BCUT2D eigenvalue weighted by atomic mass is 16.6. The first-order valence-electron chi connectivity index (χ1n) is 56.7. The maximum atomic E-state index is 15.0. The Labute approximate surface area is 869 Å². The molecule has 3 amide bonds. The second kappa shape index (κ2) is 76.4. The number of unbranched alkanes of at least 4 members (excludes halogenated alkanes) is 45. The van der Waals surface area contributed by atoms with Gasteiger partial charge in [-0.2, -0.15) is 15.8 Å². The quantitative estimate of drug-likeness (QED) is 0.0182. The van der Waals surface area contributed by atoms with E-state index in [1.807, 2.05) is 54.6 Å². The summed E-state index contributed by atoms with van der Waals surface area (Å²) in [5.74, 6) is 3.42. The minimum atomic E-state index is -0.616. The summed E-state index contributed by atoms with van der Waals surface area (Å²) in [6.07, 6.45) is 65.8. The van der Waals surface area contributed by atoms with Crippen LogP contribution in [0, 0.1) is 34.0 Å². The molecule has 7 rings (SSSR count). The van der Waals surface area contributed by atoms with Crippen molar-refractivity contribution in [2.75, 3.05) is 75.4 Å². The molecule has 0 aliphatic heterocycles. The van der Waals surface area contributed by atoms with Crippen molar-refractivity contribution in [1.82, 2.24) is 0 Å². The van der Waals surface area contributed by atoms with Crippen LogP contribution in [0.2, 0.25) is 0 Å². The molecule has 18 nitrogen and oxygen atoms in total. The van der Waals surface area contributed by atoms with Crippen molar-refractivity contribution in [2.45, 2.75) is 409 Å². The van der Waals surface area contributed by atoms with Crippen molar-refractivity contribution in [3.8, 4) is 70.0 Å². The van der Waals surface area contributed by atoms with Gasteiger partial charge >= 0.3 is 0 Å². The minimum Gasteiger partial charge on any atom is -0.490 e. The fraction of sp³-hybridized carbons (Fsp3) is 0.571. The summed E-state index contributed by atoms with van der Waals surface area (Å²) >= 11 is 0. The first kappa shape index (κ1) is 120. The number of carbonyl (C=O) groups is 3. The lowest BCUT2D eigenvalue weighted by Crippen LogP contribution is -2.19. The maximum absolute atomic E-state index is 15.0. The Kier molecular flexibility index (Phi) is 63.6. The third-order valence-electron chi connectivity index (χ3n) is 26.3. The summed E-state index contributed by atoms with van der Waals surface area (Å²) in [5.41, 5.74) is 6.20. The first-order chi connectivity index (χ1) is 70.8. The van der Waals surface area contributed by atoms with E-state index in [1.165, 1.54) is 192 Å². The van der Waals surface area contributed by atoms with Gasteiger partial charge in [0.25, 0.3) is 17.7 Å². The molecule has 144 heavy (non-hydrogen) atoms. The summed E-state index contributed by atoms with van der Waals surface area (Å²) in [7, 11) is 0. The molecule has 0 unspecified atom stereocenters. The fourth-order valence-electron chi connectivity index (χ4n) is 17.5. The third kappa shape index (κ3) is 48.2. The Bertz CT molecular complexity index is 4340. The standard InChI is InChI=1S/C126H180N6O12/c1-10-19-28-37-46-55-76-136-115-88-100(89-116(137-77-56-47-38-29-20-11-2)121(115)142-82-61-52-43-34-25-16-7)85-109(97-127)103-64-70-112(71-65-103)130-124(133)106-94-107(125(134)131-113-72-66-104(67-73-113)110(98-128)86-101-90-117(138-78-57-48-39-30-21-12-3)122(143-83-62-53-44-35-26-17-8)118(91-101)139-79-58-49-40-31-22-13-4)96-108(95-106)126(135)132-114-74-68-105(69-75-114)111(99-129)87-102-92-119(140-80-59-50-41-32-23-14-5)123(144-84-63-54-45-36-27-18-9)120(93-102)141-81-60-51-42-33-24-15-6/h64-75,85-96H,10-63,76-84H2,1-9H3,(H,130,133)(H,131,134)(H,132,135)/b109-85+,110-86+,111-87+. The van der Waals surface area contributed by atoms with Crippen LogP contribution in [-0.4, -0.2) is 77.2 Å². The molecule has 0 aromatic heterocycles. The summed E-state index contributed by atoms with van der Waals surface area (Å²) in [4.78, 5) is 44.9. The summed E-state index contributed by atoms with van der Waals surface area (Å²) in [5, 5.41) is 42.0. The van der Waals surface area contributed by atoms with Crippen LogP contribution in [0.4, 0.5) is 17.1 Å². The van der Waals surface area contributed by atoms with Gasteiger partial charge in [0, 0.05) is 33.8 Å². The van der Waals surface area contributed by atoms with E-state index in [1.54, 1.807) is 72.8 Å². The van der Waals surface area contributed by atoms with Crippen molar-refractivity contribution in [1.29, 1.82) is 15.8 Å². The Hall–Kier alpha value is -11.2. The van der Waals surface area contributed by atoms with Crippen molar-refractivity contribution >= 4 is 69.7 Å².